The normalized spacial score (nSPS) is 21.9. The molecule has 1 N–H and O–H groups in total. The maximum absolute atomic E-state index is 9.10. The van der Waals surface area contributed by atoms with E-state index in [4.69, 9.17) is 9.52 Å². The Balaban J connectivity index is 2.00. The highest BCUT2D eigenvalue weighted by molar-refractivity contribution is 5.18. The minimum Gasteiger partial charge on any atom is -0.465 e. The number of rotatable bonds is 4. The molecule has 1 aromatic rings. The van der Waals surface area contributed by atoms with Gasteiger partial charge in [-0.05, 0) is 51.3 Å². The van der Waals surface area contributed by atoms with Gasteiger partial charge in [0.1, 0.15) is 11.5 Å². The number of furan rings is 1. The molecule has 0 spiro atoms. The van der Waals surface area contributed by atoms with Gasteiger partial charge in [0.25, 0.3) is 0 Å². The average Bonchev–Trinajstić information content (AvgIpc) is 2.61. The predicted octanol–water partition coefficient (Wildman–Crippen LogP) is 2.63. The number of likely N-dealkylation sites (tertiary alicyclic amines) is 1. The summed E-state index contributed by atoms with van der Waals surface area (Å²) < 4.78 is 5.74. The molecule has 2 heterocycles. The molecule has 3 heteroatoms. The van der Waals surface area contributed by atoms with Crippen molar-refractivity contribution >= 4 is 0 Å². The van der Waals surface area contributed by atoms with Gasteiger partial charge in [0.2, 0.25) is 0 Å². The summed E-state index contributed by atoms with van der Waals surface area (Å²) in [6.07, 6.45) is 4.65. The molecule has 1 fully saturated rings. The zero-order valence-corrected chi connectivity index (χ0v) is 10.9. The number of hydrogen-bond donors (Lipinski definition) is 1. The van der Waals surface area contributed by atoms with E-state index in [0.29, 0.717) is 6.04 Å². The van der Waals surface area contributed by atoms with Crippen molar-refractivity contribution in [1.82, 2.24) is 4.90 Å². The molecule has 0 aromatic carbocycles. The van der Waals surface area contributed by atoms with Crippen molar-refractivity contribution in [2.45, 2.75) is 52.1 Å². The fraction of sp³-hybridized carbons (Fsp3) is 0.714. The second kappa shape index (κ2) is 5.69. The third-order valence-electron chi connectivity index (χ3n) is 3.79. The van der Waals surface area contributed by atoms with Crippen LogP contribution in [0.25, 0.3) is 0 Å². The van der Waals surface area contributed by atoms with Crippen LogP contribution in [0.15, 0.2) is 10.5 Å². The van der Waals surface area contributed by atoms with Crippen LogP contribution in [0.2, 0.25) is 0 Å². The largest absolute Gasteiger partial charge is 0.465 e. The lowest BCUT2D eigenvalue weighted by Crippen LogP contribution is -2.39. The number of aryl methyl sites for hydroxylation is 2. The Kier molecular flexibility index (Phi) is 4.24. The Morgan fingerprint density at radius 3 is 2.88 bits per heavy atom. The van der Waals surface area contributed by atoms with Gasteiger partial charge in [-0.1, -0.05) is 6.42 Å². The first-order valence-corrected chi connectivity index (χ1v) is 6.61. The lowest BCUT2D eigenvalue weighted by molar-refractivity contribution is 0.105. The first-order chi connectivity index (χ1) is 8.20. The first-order valence-electron chi connectivity index (χ1n) is 6.61. The Morgan fingerprint density at radius 1 is 1.41 bits per heavy atom. The van der Waals surface area contributed by atoms with E-state index in [-0.39, 0.29) is 6.61 Å². The predicted molar refractivity (Wildman–Crippen MR) is 67.9 cm³/mol. The van der Waals surface area contributed by atoms with E-state index in [1.807, 2.05) is 6.92 Å². The molecule has 2 rings (SSSR count). The quantitative estimate of drug-likeness (QED) is 0.874. The van der Waals surface area contributed by atoms with E-state index < -0.39 is 0 Å². The van der Waals surface area contributed by atoms with Gasteiger partial charge in [-0.2, -0.15) is 0 Å². The molecule has 0 bridgehead atoms. The first kappa shape index (κ1) is 12.7. The van der Waals surface area contributed by atoms with Gasteiger partial charge < -0.3 is 9.52 Å². The molecule has 1 aliphatic heterocycles. The lowest BCUT2D eigenvalue weighted by atomic mass is 9.99. The van der Waals surface area contributed by atoms with Crippen LogP contribution in [0.5, 0.6) is 0 Å². The van der Waals surface area contributed by atoms with E-state index in [1.54, 1.807) is 0 Å². The molecule has 0 radical (unpaired) electrons. The molecular weight excluding hydrogens is 214 g/mol. The Morgan fingerprint density at radius 2 is 2.24 bits per heavy atom. The summed E-state index contributed by atoms with van der Waals surface area (Å²) in [5.74, 6) is 2.08. The van der Waals surface area contributed by atoms with Gasteiger partial charge in [-0.25, -0.2) is 0 Å². The number of nitrogens with zero attached hydrogens (tertiary/aromatic N) is 1. The van der Waals surface area contributed by atoms with Gasteiger partial charge in [-0.3, -0.25) is 4.90 Å². The summed E-state index contributed by atoms with van der Waals surface area (Å²) >= 11 is 0. The summed E-state index contributed by atoms with van der Waals surface area (Å²) in [5.41, 5.74) is 1.23. The second-order valence-corrected chi connectivity index (χ2v) is 5.08. The molecule has 1 saturated heterocycles. The Labute approximate surface area is 103 Å². The van der Waals surface area contributed by atoms with Crippen LogP contribution in [0.3, 0.4) is 0 Å². The minimum absolute atomic E-state index is 0.289. The molecule has 0 aliphatic carbocycles. The molecule has 0 amide bonds. The van der Waals surface area contributed by atoms with Crippen molar-refractivity contribution in [3.8, 4) is 0 Å². The van der Waals surface area contributed by atoms with Crippen LogP contribution in [0, 0.1) is 13.8 Å². The highest BCUT2D eigenvalue weighted by atomic mass is 16.3. The van der Waals surface area contributed by atoms with Gasteiger partial charge >= 0.3 is 0 Å². The Hall–Kier alpha value is -0.800. The second-order valence-electron chi connectivity index (χ2n) is 5.08. The van der Waals surface area contributed by atoms with Crippen LogP contribution in [-0.4, -0.2) is 29.2 Å². The zero-order chi connectivity index (χ0) is 12.3. The molecule has 17 heavy (non-hydrogen) atoms. The fourth-order valence-electron chi connectivity index (χ4n) is 2.67. The van der Waals surface area contributed by atoms with Crippen LogP contribution >= 0.6 is 0 Å². The van der Waals surface area contributed by atoms with Crippen LogP contribution in [0.1, 0.15) is 42.8 Å². The topological polar surface area (TPSA) is 36.6 Å². The minimum atomic E-state index is 0.289. The number of aliphatic hydroxyl groups excluding tert-OH is 1. The Bertz CT molecular complexity index is 338. The standard InChI is InChI=1S/C14H23NO2/c1-11-9-14(17-12(11)2)10-15-7-4-3-5-13(15)6-8-16/h9,13,16H,3-8,10H2,1-2H3. The molecule has 1 unspecified atom stereocenters. The van der Waals surface area contributed by atoms with E-state index in [2.05, 4.69) is 17.9 Å². The molecule has 1 aromatic heterocycles. The van der Waals surface area contributed by atoms with Crippen molar-refractivity contribution in [3.05, 3.63) is 23.2 Å². The average molecular weight is 237 g/mol. The third kappa shape index (κ3) is 3.11. The summed E-state index contributed by atoms with van der Waals surface area (Å²) in [7, 11) is 0. The maximum Gasteiger partial charge on any atom is 0.118 e. The van der Waals surface area contributed by atoms with Gasteiger partial charge in [0.05, 0.1) is 6.54 Å². The van der Waals surface area contributed by atoms with Crippen LogP contribution < -0.4 is 0 Å². The summed E-state index contributed by atoms with van der Waals surface area (Å²) in [6, 6.07) is 2.67. The monoisotopic (exact) mass is 237 g/mol. The highest BCUT2D eigenvalue weighted by Gasteiger charge is 2.22. The van der Waals surface area contributed by atoms with Crippen LogP contribution in [0.4, 0.5) is 0 Å². The van der Waals surface area contributed by atoms with E-state index in [9.17, 15) is 0 Å². The van der Waals surface area contributed by atoms with Crippen molar-refractivity contribution in [2.24, 2.45) is 0 Å². The van der Waals surface area contributed by atoms with E-state index in [0.717, 1.165) is 31.0 Å². The van der Waals surface area contributed by atoms with E-state index in [1.165, 1.54) is 24.8 Å². The molecule has 3 nitrogen and oxygen atoms in total. The van der Waals surface area contributed by atoms with Gasteiger partial charge in [0, 0.05) is 12.6 Å². The van der Waals surface area contributed by atoms with Gasteiger partial charge in [0.15, 0.2) is 0 Å². The SMILES string of the molecule is Cc1cc(CN2CCCCC2CCO)oc1C. The van der Waals surface area contributed by atoms with E-state index >= 15 is 0 Å². The molecule has 1 atom stereocenters. The summed E-state index contributed by atoms with van der Waals surface area (Å²) in [5, 5.41) is 9.10. The maximum atomic E-state index is 9.10. The molecule has 96 valence electrons. The molecular formula is C14H23NO2. The summed E-state index contributed by atoms with van der Waals surface area (Å²) in [6.45, 7) is 6.41. The third-order valence-corrected chi connectivity index (χ3v) is 3.79. The highest BCUT2D eigenvalue weighted by Crippen LogP contribution is 2.23. The number of hydrogen-bond acceptors (Lipinski definition) is 3. The summed E-state index contributed by atoms with van der Waals surface area (Å²) in [4.78, 5) is 2.46. The molecule has 0 saturated carbocycles. The van der Waals surface area contributed by atoms with Crippen molar-refractivity contribution in [2.75, 3.05) is 13.2 Å². The smallest absolute Gasteiger partial charge is 0.118 e. The fourth-order valence-corrected chi connectivity index (χ4v) is 2.67. The van der Waals surface area contributed by atoms with Gasteiger partial charge in [-0.15, -0.1) is 0 Å². The van der Waals surface area contributed by atoms with Crippen LogP contribution in [-0.2, 0) is 6.54 Å². The number of aliphatic hydroxyl groups is 1. The van der Waals surface area contributed by atoms with Crippen molar-refractivity contribution in [3.63, 3.8) is 0 Å². The van der Waals surface area contributed by atoms with Crippen molar-refractivity contribution < 1.29 is 9.52 Å². The molecule has 1 aliphatic rings. The number of piperidine rings is 1. The zero-order valence-electron chi connectivity index (χ0n) is 10.9. The lowest BCUT2D eigenvalue weighted by Gasteiger charge is -2.34. The van der Waals surface area contributed by atoms with Crippen molar-refractivity contribution in [1.29, 1.82) is 0 Å².